The second-order valence-corrected chi connectivity index (χ2v) is 17.6. The summed E-state index contributed by atoms with van der Waals surface area (Å²) in [5.74, 6) is 0. The maximum Gasteiger partial charge on any atom is 0.145 e. The molecule has 0 atom stereocenters. The second kappa shape index (κ2) is 13.9. The zero-order chi connectivity index (χ0) is 42.5. The van der Waals surface area contributed by atoms with Crippen molar-refractivity contribution in [3.05, 3.63) is 230 Å². The van der Waals surface area contributed by atoms with Crippen LogP contribution >= 0.6 is 0 Å². The van der Waals surface area contributed by atoms with Crippen LogP contribution in [0.5, 0.6) is 0 Å². The summed E-state index contributed by atoms with van der Waals surface area (Å²) in [6.07, 6.45) is 0. The molecule has 0 bridgehead atoms. The molecule has 0 spiro atoms. The summed E-state index contributed by atoms with van der Waals surface area (Å²) in [5, 5.41) is 7.04. The van der Waals surface area contributed by atoms with Gasteiger partial charge in [-0.2, -0.15) is 0 Å². The molecule has 1 aliphatic rings. The number of hydrogen-bond acceptors (Lipinski definition) is 2. The third-order valence-electron chi connectivity index (χ3n) is 13.8. The molecule has 0 aliphatic heterocycles. The fraction of sp³-hybridized carbons (Fsp3) is 0.0492. The summed E-state index contributed by atoms with van der Waals surface area (Å²) in [6, 6.07) is 79.7. The van der Waals surface area contributed by atoms with Crippen LogP contribution in [0.4, 0.5) is 17.1 Å². The van der Waals surface area contributed by atoms with E-state index in [-0.39, 0.29) is 5.41 Å². The molecule has 1 aliphatic carbocycles. The van der Waals surface area contributed by atoms with E-state index in [2.05, 4.69) is 242 Å². The second-order valence-electron chi connectivity index (χ2n) is 17.6. The predicted molar refractivity (Wildman–Crippen MR) is 269 cm³/mol. The largest absolute Gasteiger partial charge is 0.455 e. The van der Waals surface area contributed by atoms with E-state index < -0.39 is 0 Å². The molecule has 3 heteroatoms. The van der Waals surface area contributed by atoms with Crippen molar-refractivity contribution in [1.82, 2.24) is 4.57 Å². The van der Waals surface area contributed by atoms with Gasteiger partial charge in [0.05, 0.1) is 28.1 Å². The van der Waals surface area contributed by atoms with Crippen LogP contribution in [0.25, 0.3) is 93.6 Å². The Labute approximate surface area is 371 Å². The molecule has 13 rings (SSSR count). The summed E-state index contributed by atoms with van der Waals surface area (Å²) >= 11 is 0. The first-order valence-electron chi connectivity index (χ1n) is 22.2. The summed E-state index contributed by atoms with van der Waals surface area (Å²) in [5.41, 5.74) is 18.1. The fourth-order valence-electron chi connectivity index (χ4n) is 10.8. The van der Waals surface area contributed by atoms with Crippen molar-refractivity contribution in [3.8, 4) is 39.1 Å². The van der Waals surface area contributed by atoms with Crippen molar-refractivity contribution in [1.29, 1.82) is 0 Å². The van der Waals surface area contributed by atoms with E-state index in [9.17, 15) is 0 Å². The molecule has 0 unspecified atom stereocenters. The molecule has 3 nitrogen and oxygen atoms in total. The molecule has 0 radical (unpaired) electrons. The van der Waals surface area contributed by atoms with E-state index in [1.165, 1.54) is 60.4 Å². The minimum absolute atomic E-state index is 0.128. The molecule has 0 N–H and O–H groups in total. The van der Waals surface area contributed by atoms with E-state index in [0.29, 0.717) is 0 Å². The molecular formula is C61H42N2O. The highest BCUT2D eigenvalue weighted by Gasteiger charge is 2.35. The fourth-order valence-corrected chi connectivity index (χ4v) is 10.8. The average Bonchev–Trinajstić information content (AvgIpc) is 3.97. The lowest BCUT2D eigenvalue weighted by atomic mass is 9.81. The van der Waals surface area contributed by atoms with E-state index in [1.807, 2.05) is 0 Å². The monoisotopic (exact) mass is 818 g/mol. The smallest absolute Gasteiger partial charge is 0.145 e. The topological polar surface area (TPSA) is 21.3 Å². The molecule has 2 aromatic heterocycles. The maximum absolute atomic E-state index is 6.99. The van der Waals surface area contributed by atoms with Gasteiger partial charge in [0.1, 0.15) is 11.2 Å². The van der Waals surface area contributed by atoms with Gasteiger partial charge in [0.25, 0.3) is 0 Å². The zero-order valence-electron chi connectivity index (χ0n) is 35.6. The third-order valence-corrected chi connectivity index (χ3v) is 13.8. The van der Waals surface area contributed by atoms with E-state index >= 15 is 0 Å². The molecule has 2 heterocycles. The normalized spacial score (nSPS) is 13.0. The van der Waals surface area contributed by atoms with Crippen LogP contribution in [0.2, 0.25) is 0 Å². The van der Waals surface area contributed by atoms with E-state index in [0.717, 1.165) is 61.4 Å². The van der Waals surface area contributed by atoms with Gasteiger partial charge in [-0.3, -0.25) is 0 Å². The number of fused-ring (bicyclic) bond motifs is 10. The van der Waals surface area contributed by atoms with Gasteiger partial charge >= 0.3 is 0 Å². The first-order valence-corrected chi connectivity index (χ1v) is 22.2. The Bertz CT molecular complexity index is 3770. The molecule has 0 amide bonds. The Hall–Kier alpha value is -8.14. The Balaban J connectivity index is 1.07. The van der Waals surface area contributed by atoms with Crippen molar-refractivity contribution in [3.63, 3.8) is 0 Å². The number of nitrogens with zero attached hydrogens (tertiary/aromatic N) is 2. The summed E-state index contributed by atoms with van der Waals surface area (Å²) in [4.78, 5) is 2.48. The van der Waals surface area contributed by atoms with Crippen LogP contribution in [0.15, 0.2) is 223 Å². The molecule has 12 aromatic rings. The van der Waals surface area contributed by atoms with Gasteiger partial charge in [0, 0.05) is 49.2 Å². The van der Waals surface area contributed by atoms with Crippen LogP contribution in [-0.4, -0.2) is 4.57 Å². The summed E-state index contributed by atoms with van der Waals surface area (Å²) in [6.45, 7) is 4.72. The highest BCUT2D eigenvalue weighted by molar-refractivity contribution is 6.15. The molecule has 0 fully saturated rings. The molecule has 0 saturated carbocycles. The first kappa shape index (κ1) is 36.5. The summed E-state index contributed by atoms with van der Waals surface area (Å²) < 4.78 is 9.37. The van der Waals surface area contributed by atoms with Crippen molar-refractivity contribution in [2.45, 2.75) is 19.3 Å². The minimum Gasteiger partial charge on any atom is -0.455 e. The van der Waals surface area contributed by atoms with Crippen LogP contribution in [0, 0.1) is 0 Å². The quantitative estimate of drug-likeness (QED) is 0.167. The number of hydrogen-bond donors (Lipinski definition) is 0. The van der Waals surface area contributed by atoms with E-state index in [4.69, 9.17) is 4.42 Å². The van der Waals surface area contributed by atoms with Gasteiger partial charge in [-0.05, 0) is 99.4 Å². The zero-order valence-corrected chi connectivity index (χ0v) is 35.6. The number of aromatic nitrogens is 1. The SMILES string of the molecule is CC1(C)c2ccccc2-c2ccc(-c3ccccc3N(c3ccc4c(oc5ccccc54)c3-c3ccc(-n4c5ccccc5c5ccccc54)cc3)c3cccc4ccccc34)cc21. The van der Waals surface area contributed by atoms with Crippen LogP contribution < -0.4 is 4.90 Å². The first-order chi connectivity index (χ1) is 31.5. The lowest BCUT2D eigenvalue weighted by Gasteiger charge is -2.31. The van der Waals surface area contributed by atoms with Gasteiger partial charge in [0.2, 0.25) is 0 Å². The number of furan rings is 1. The molecule has 0 saturated heterocycles. The van der Waals surface area contributed by atoms with Gasteiger partial charge in [-0.1, -0.05) is 172 Å². The van der Waals surface area contributed by atoms with Crippen LogP contribution in [-0.2, 0) is 5.41 Å². The summed E-state index contributed by atoms with van der Waals surface area (Å²) in [7, 11) is 0. The molecule has 64 heavy (non-hydrogen) atoms. The highest BCUT2D eigenvalue weighted by Crippen LogP contribution is 2.53. The average molecular weight is 819 g/mol. The minimum atomic E-state index is -0.128. The Morgan fingerprint density at radius 2 is 1.00 bits per heavy atom. The lowest BCUT2D eigenvalue weighted by Crippen LogP contribution is -2.15. The predicted octanol–water partition coefficient (Wildman–Crippen LogP) is 16.9. The number of para-hydroxylation sites is 4. The standard InChI is InChI=1S/C61H42N2O/c1-61(2)51-24-10-5-20-45(51)46-35-32-41(38-52(46)61)44-19-6-11-25-53(44)63(54-28-15-17-39-16-3-4-18-43(39)54)57-37-36-50-49-23-9-14-29-58(49)64-60(50)59(57)40-30-33-42(34-31-40)62-55-26-12-7-21-47(55)48-22-8-13-27-56(48)62/h3-38H,1-2H3. The molecular weight excluding hydrogens is 777 g/mol. The van der Waals surface area contributed by atoms with Crippen molar-refractivity contribution in [2.75, 3.05) is 4.90 Å². The van der Waals surface area contributed by atoms with E-state index in [1.54, 1.807) is 0 Å². The number of benzene rings is 10. The Morgan fingerprint density at radius 1 is 0.406 bits per heavy atom. The van der Waals surface area contributed by atoms with Crippen molar-refractivity contribution in [2.24, 2.45) is 0 Å². The van der Waals surface area contributed by atoms with Gasteiger partial charge in [0.15, 0.2) is 0 Å². The van der Waals surface area contributed by atoms with Crippen molar-refractivity contribution < 1.29 is 4.42 Å². The number of anilines is 3. The number of rotatable bonds is 6. The highest BCUT2D eigenvalue weighted by atomic mass is 16.3. The Kier molecular flexibility index (Phi) is 7.95. The van der Waals surface area contributed by atoms with Gasteiger partial charge in [-0.25, -0.2) is 0 Å². The van der Waals surface area contributed by atoms with Crippen molar-refractivity contribution >= 4 is 71.6 Å². The van der Waals surface area contributed by atoms with Crippen LogP contribution in [0.3, 0.4) is 0 Å². The Morgan fingerprint density at radius 3 is 1.80 bits per heavy atom. The lowest BCUT2D eigenvalue weighted by molar-refractivity contribution is 0.660. The molecule has 302 valence electrons. The van der Waals surface area contributed by atoms with Crippen LogP contribution in [0.1, 0.15) is 25.0 Å². The maximum atomic E-state index is 6.99. The molecule has 10 aromatic carbocycles. The van der Waals surface area contributed by atoms with Gasteiger partial charge < -0.3 is 13.9 Å². The van der Waals surface area contributed by atoms with Gasteiger partial charge in [-0.15, -0.1) is 0 Å². The third kappa shape index (κ3) is 5.34.